The molecule has 2 heterocycles. The number of anilines is 1. The number of hydrogen-bond acceptors (Lipinski definition) is 4. The van der Waals surface area contributed by atoms with E-state index in [-0.39, 0.29) is 5.69 Å². The molecule has 0 spiro atoms. The summed E-state index contributed by atoms with van der Waals surface area (Å²) in [6.07, 6.45) is 2.51. The molecule has 0 aliphatic heterocycles. The van der Waals surface area contributed by atoms with E-state index in [1.165, 1.54) is 10.7 Å². The number of hydrogen-bond donors (Lipinski definition) is 2. The molecule has 0 fully saturated rings. The Balaban J connectivity index is 2.27. The molecule has 2 aromatic heterocycles. The minimum atomic E-state index is -0.269. The Morgan fingerprint density at radius 2 is 2.29 bits per heavy atom. The smallest absolute Gasteiger partial charge is 0.348 e. The van der Waals surface area contributed by atoms with Crippen LogP contribution in [0.15, 0.2) is 17.2 Å². The first kappa shape index (κ1) is 11.6. The van der Waals surface area contributed by atoms with Gasteiger partial charge in [-0.3, -0.25) is 0 Å². The summed E-state index contributed by atoms with van der Waals surface area (Å²) in [5.74, 6) is 1.27. The minimum Gasteiger partial charge on any atom is -0.367 e. The zero-order chi connectivity index (χ0) is 12.4. The van der Waals surface area contributed by atoms with Crippen LogP contribution in [0, 0.1) is 5.92 Å². The largest absolute Gasteiger partial charge is 0.367 e. The first-order valence-electron chi connectivity index (χ1n) is 5.81. The summed E-state index contributed by atoms with van der Waals surface area (Å²) in [5, 5.41) is 9.63. The third-order valence-corrected chi connectivity index (χ3v) is 2.89. The monoisotopic (exact) mass is 235 g/mol. The third-order valence-electron chi connectivity index (χ3n) is 2.89. The summed E-state index contributed by atoms with van der Waals surface area (Å²) < 4.78 is 1.38. The molecule has 0 saturated heterocycles. The first-order valence-corrected chi connectivity index (χ1v) is 5.81. The van der Waals surface area contributed by atoms with E-state index < -0.39 is 0 Å². The molecular weight excluding hydrogens is 218 g/mol. The maximum atomic E-state index is 11.3. The zero-order valence-electron chi connectivity index (χ0n) is 10.3. The van der Waals surface area contributed by atoms with Gasteiger partial charge >= 0.3 is 5.69 Å². The molecule has 2 rings (SSSR count). The molecule has 1 unspecified atom stereocenters. The summed E-state index contributed by atoms with van der Waals surface area (Å²) in [5.41, 5.74) is 0.307. The average Bonchev–Trinajstić information content (AvgIpc) is 2.67. The molecule has 2 aromatic rings. The molecule has 6 nitrogen and oxygen atoms in total. The van der Waals surface area contributed by atoms with Gasteiger partial charge in [0.15, 0.2) is 5.65 Å². The SMILES string of the molecule is CCC(Nc1cc2n[nH]c(=O)n2cn1)C(C)C. The second kappa shape index (κ2) is 4.57. The lowest BCUT2D eigenvalue weighted by atomic mass is 10.0. The molecule has 0 radical (unpaired) electrons. The summed E-state index contributed by atoms with van der Waals surface area (Å²) in [6, 6.07) is 2.14. The van der Waals surface area contributed by atoms with Crippen molar-refractivity contribution in [1.82, 2.24) is 19.6 Å². The maximum Gasteiger partial charge on any atom is 0.348 e. The number of H-pyrrole nitrogens is 1. The van der Waals surface area contributed by atoms with Gasteiger partial charge in [-0.15, -0.1) is 0 Å². The molecule has 17 heavy (non-hydrogen) atoms. The number of aromatic nitrogens is 4. The Labute approximate surface area is 99.1 Å². The van der Waals surface area contributed by atoms with Gasteiger partial charge in [-0.05, 0) is 12.3 Å². The van der Waals surface area contributed by atoms with Gasteiger partial charge in [-0.1, -0.05) is 20.8 Å². The van der Waals surface area contributed by atoms with Crippen LogP contribution in [0.4, 0.5) is 5.82 Å². The van der Waals surface area contributed by atoms with Crippen LogP contribution >= 0.6 is 0 Å². The van der Waals surface area contributed by atoms with Gasteiger partial charge in [0, 0.05) is 12.1 Å². The van der Waals surface area contributed by atoms with Crippen molar-refractivity contribution in [1.29, 1.82) is 0 Å². The molecular formula is C11H17N5O. The molecule has 0 amide bonds. The fourth-order valence-electron chi connectivity index (χ4n) is 1.82. The van der Waals surface area contributed by atoms with Crippen molar-refractivity contribution in [2.75, 3.05) is 5.32 Å². The van der Waals surface area contributed by atoms with Gasteiger partial charge in [0.25, 0.3) is 0 Å². The molecule has 0 aromatic carbocycles. The van der Waals surface area contributed by atoms with Crippen LogP contribution < -0.4 is 11.0 Å². The van der Waals surface area contributed by atoms with Crippen LogP contribution in [0.3, 0.4) is 0 Å². The Morgan fingerprint density at radius 1 is 1.53 bits per heavy atom. The first-order chi connectivity index (χ1) is 8.11. The van der Waals surface area contributed by atoms with Crippen LogP contribution in [0.5, 0.6) is 0 Å². The molecule has 6 heteroatoms. The normalized spacial score (nSPS) is 13.2. The van der Waals surface area contributed by atoms with E-state index in [0.29, 0.717) is 17.6 Å². The Hall–Kier alpha value is -1.85. The van der Waals surface area contributed by atoms with Crippen LogP contribution in [0.1, 0.15) is 27.2 Å². The van der Waals surface area contributed by atoms with E-state index in [4.69, 9.17) is 0 Å². The standard InChI is InChI=1S/C11H17N5O/c1-4-8(7(2)3)13-9-5-10-14-15-11(17)16(10)6-12-9/h5-8,13H,4H2,1-3H3,(H,15,17). The topological polar surface area (TPSA) is 75.1 Å². The Kier molecular flexibility index (Phi) is 3.12. The summed E-state index contributed by atoms with van der Waals surface area (Å²) >= 11 is 0. The third kappa shape index (κ3) is 2.30. The summed E-state index contributed by atoms with van der Waals surface area (Å²) in [4.78, 5) is 15.5. The zero-order valence-corrected chi connectivity index (χ0v) is 10.3. The molecule has 0 aliphatic carbocycles. The van der Waals surface area contributed by atoms with Crippen molar-refractivity contribution in [3.8, 4) is 0 Å². The predicted octanol–water partition coefficient (Wildman–Crippen LogP) is 1.26. The highest BCUT2D eigenvalue weighted by atomic mass is 16.1. The number of nitrogens with one attached hydrogen (secondary N) is 2. The average molecular weight is 235 g/mol. The van der Waals surface area contributed by atoms with E-state index in [9.17, 15) is 4.79 Å². The second-order valence-corrected chi connectivity index (χ2v) is 4.43. The van der Waals surface area contributed by atoms with Crippen LogP contribution in [0.25, 0.3) is 5.65 Å². The number of fused-ring (bicyclic) bond motifs is 1. The van der Waals surface area contributed by atoms with E-state index in [1.807, 2.05) is 0 Å². The Morgan fingerprint density at radius 3 is 2.94 bits per heavy atom. The molecule has 2 N–H and O–H groups in total. The highest BCUT2D eigenvalue weighted by Gasteiger charge is 2.11. The van der Waals surface area contributed by atoms with E-state index in [2.05, 4.69) is 41.3 Å². The van der Waals surface area contributed by atoms with Crippen molar-refractivity contribution < 1.29 is 0 Å². The predicted molar refractivity (Wildman–Crippen MR) is 66.1 cm³/mol. The summed E-state index contributed by atoms with van der Waals surface area (Å²) in [7, 11) is 0. The second-order valence-electron chi connectivity index (χ2n) is 4.43. The lowest BCUT2D eigenvalue weighted by Gasteiger charge is -2.21. The molecule has 0 aliphatic rings. The maximum absolute atomic E-state index is 11.3. The Bertz CT molecular complexity index is 556. The van der Waals surface area contributed by atoms with Gasteiger partial charge in [0.2, 0.25) is 0 Å². The fourth-order valence-corrected chi connectivity index (χ4v) is 1.82. The quantitative estimate of drug-likeness (QED) is 0.836. The molecule has 0 bridgehead atoms. The highest BCUT2D eigenvalue weighted by Crippen LogP contribution is 2.13. The van der Waals surface area contributed by atoms with Gasteiger partial charge in [-0.25, -0.2) is 19.3 Å². The summed E-state index contributed by atoms with van der Waals surface area (Å²) in [6.45, 7) is 6.46. The van der Waals surface area contributed by atoms with Crippen LogP contribution in [-0.4, -0.2) is 25.6 Å². The van der Waals surface area contributed by atoms with Gasteiger partial charge < -0.3 is 5.32 Å². The number of rotatable bonds is 4. The van der Waals surface area contributed by atoms with Crippen molar-refractivity contribution in [2.45, 2.75) is 33.2 Å². The molecule has 0 saturated carbocycles. The molecule has 92 valence electrons. The number of nitrogens with zero attached hydrogens (tertiary/aromatic N) is 3. The van der Waals surface area contributed by atoms with Gasteiger partial charge in [0.05, 0.1) is 0 Å². The van der Waals surface area contributed by atoms with Crippen LogP contribution in [-0.2, 0) is 0 Å². The van der Waals surface area contributed by atoms with Crippen molar-refractivity contribution in [2.24, 2.45) is 5.92 Å². The van der Waals surface area contributed by atoms with Gasteiger partial charge in [-0.2, -0.15) is 5.10 Å². The minimum absolute atomic E-state index is 0.269. The van der Waals surface area contributed by atoms with Crippen molar-refractivity contribution in [3.63, 3.8) is 0 Å². The van der Waals surface area contributed by atoms with Gasteiger partial charge in [0.1, 0.15) is 12.1 Å². The van der Waals surface area contributed by atoms with E-state index >= 15 is 0 Å². The van der Waals surface area contributed by atoms with E-state index in [0.717, 1.165) is 12.2 Å². The lowest BCUT2D eigenvalue weighted by Crippen LogP contribution is -2.25. The van der Waals surface area contributed by atoms with Crippen molar-refractivity contribution >= 4 is 11.5 Å². The van der Waals surface area contributed by atoms with Crippen LogP contribution in [0.2, 0.25) is 0 Å². The lowest BCUT2D eigenvalue weighted by molar-refractivity contribution is 0.509. The number of aromatic amines is 1. The van der Waals surface area contributed by atoms with E-state index in [1.54, 1.807) is 6.07 Å². The highest BCUT2D eigenvalue weighted by molar-refractivity contribution is 5.48. The fraction of sp³-hybridized carbons (Fsp3) is 0.545. The van der Waals surface area contributed by atoms with Crippen molar-refractivity contribution in [3.05, 3.63) is 22.9 Å². The molecule has 1 atom stereocenters.